The number of H-pyrrole nitrogens is 1. The minimum atomic E-state index is -0.482. The molecule has 0 radical (unpaired) electrons. The Labute approximate surface area is 174 Å². The summed E-state index contributed by atoms with van der Waals surface area (Å²) in [7, 11) is 0. The molecule has 0 aliphatic heterocycles. The molecule has 0 amide bonds. The molecule has 0 atom stereocenters. The molecule has 158 valence electrons. The number of ether oxygens (including phenoxy) is 2. The second-order valence-electron chi connectivity index (χ2n) is 6.36. The van der Waals surface area contributed by atoms with Gasteiger partial charge in [0.1, 0.15) is 0 Å². The number of nitro benzene ring substituents is 1. The SMILES string of the molecule is CCCOc1c(OCC)cc(/C=N\n2c(C(CC)CC)n[nH]c2=S)cc1[N+](=O)[O-]. The van der Waals surface area contributed by atoms with Crippen molar-refractivity contribution in [2.75, 3.05) is 13.2 Å². The third-order valence-corrected chi connectivity index (χ3v) is 4.62. The van der Waals surface area contributed by atoms with Crippen molar-refractivity contribution >= 4 is 24.1 Å². The van der Waals surface area contributed by atoms with E-state index >= 15 is 0 Å². The lowest BCUT2D eigenvalue weighted by Crippen LogP contribution is -2.06. The highest BCUT2D eigenvalue weighted by atomic mass is 32.1. The lowest BCUT2D eigenvalue weighted by molar-refractivity contribution is -0.386. The van der Waals surface area contributed by atoms with E-state index in [1.165, 1.54) is 12.3 Å². The van der Waals surface area contributed by atoms with E-state index in [1.807, 2.05) is 13.8 Å². The predicted octanol–water partition coefficient (Wildman–Crippen LogP) is 4.82. The Kier molecular flexibility index (Phi) is 8.32. The van der Waals surface area contributed by atoms with E-state index in [1.54, 1.807) is 10.7 Å². The first-order chi connectivity index (χ1) is 14.0. The molecule has 0 saturated heterocycles. The molecule has 1 aromatic carbocycles. The van der Waals surface area contributed by atoms with Crippen LogP contribution in [0.1, 0.15) is 64.3 Å². The van der Waals surface area contributed by atoms with Crippen LogP contribution in [0, 0.1) is 14.9 Å². The van der Waals surface area contributed by atoms with Gasteiger partial charge in [-0.1, -0.05) is 20.8 Å². The zero-order valence-electron chi connectivity index (χ0n) is 17.2. The fraction of sp³-hybridized carbons (Fsp3) is 0.526. The standard InChI is InChI=1S/C19H27N5O4S/c1-5-9-28-17-15(24(25)26)10-13(11-16(17)27-8-4)12-20-23-18(14(6-2)7-3)21-22-19(23)29/h10-12,14H,5-9H2,1-4H3,(H,22,29)/b20-12-. The van der Waals surface area contributed by atoms with E-state index in [2.05, 4.69) is 29.1 Å². The van der Waals surface area contributed by atoms with Crippen LogP contribution in [0.4, 0.5) is 5.69 Å². The average molecular weight is 422 g/mol. The minimum Gasteiger partial charge on any atom is -0.490 e. The van der Waals surface area contributed by atoms with Gasteiger partial charge in [0.2, 0.25) is 10.5 Å². The molecule has 0 unspecified atom stereocenters. The monoisotopic (exact) mass is 421 g/mol. The quantitative estimate of drug-likeness (QED) is 0.241. The van der Waals surface area contributed by atoms with Crippen molar-refractivity contribution in [3.8, 4) is 11.5 Å². The van der Waals surface area contributed by atoms with E-state index in [4.69, 9.17) is 21.7 Å². The maximum Gasteiger partial charge on any atom is 0.315 e. The van der Waals surface area contributed by atoms with Crippen molar-refractivity contribution in [1.29, 1.82) is 0 Å². The second kappa shape index (κ2) is 10.7. The van der Waals surface area contributed by atoms with Crippen LogP contribution in [-0.2, 0) is 0 Å². The van der Waals surface area contributed by atoms with Gasteiger partial charge in [0.15, 0.2) is 11.6 Å². The van der Waals surface area contributed by atoms with Crippen LogP contribution in [0.25, 0.3) is 0 Å². The Balaban J connectivity index is 2.49. The summed E-state index contributed by atoms with van der Waals surface area (Å²) >= 11 is 5.28. The lowest BCUT2D eigenvalue weighted by Gasteiger charge is -2.13. The van der Waals surface area contributed by atoms with E-state index in [-0.39, 0.29) is 17.4 Å². The highest BCUT2D eigenvalue weighted by Crippen LogP contribution is 2.38. The average Bonchev–Trinajstić information content (AvgIpc) is 3.06. The van der Waals surface area contributed by atoms with Crippen LogP contribution in [0.3, 0.4) is 0 Å². The Bertz CT molecular complexity index is 918. The van der Waals surface area contributed by atoms with Crippen molar-refractivity contribution in [2.24, 2.45) is 5.10 Å². The molecular weight excluding hydrogens is 394 g/mol. The number of hydrogen-bond acceptors (Lipinski definition) is 7. The Hall–Kier alpha value is -2.75. The summed E-state index contributed by atoms with van der Waals surface area (Å²) in [6, 6.07) is 3.09. The third kappa shape index (κ3) is 5.41. The molecule has 0 spiro atoms. The van der Waals surface area contributed by atoms with Crippen LogP contribution in [-0.4, -0.2) is 39.2 Å². The molecule has 1 N–H and O–H groups in total. The van der Waals surface area contributed by atoms with Gasteiger partial charge in [-0.05, 0) is 44.5 Å². The molecule has 1 aromatic heterocycles. The third-order valence-electron chi connectivity index (χ3n) is 4.35. The van der Waals surface area contributed by atoms with Gasteiger partial charge in [0, 0.05) is 17.5 Å². The lowest BCUT2D eigenvalue weighted by atomic mass is 10.0. The summed E-state index contributed by atoms with van der Waals surface area (Å²) in [5.74, 6) is 1.39. The van der Waals surface area contributed by atoms with Crippen LogP contribution in [0.2, 0.25) is 0 Å². The van der Waals surface area contributed by atoms with Crippen LogP contribution in [0.5, 0.6) is 11.5 Å². The van der Waals surface area contributed by atoms with E-state index in [0.717, 1.165) is 25.1 Å². The molecule has 0 bridgehead atoms. The van der Waals surface area contributed by atoms with E-state index in [0.29, 0.717) is 29.3 Å². The fourth-order valence-corrected chi connectivity index (χ4v) is 3.07. The maximum atomic E-state index is 11.6. The van der Waals surface area contributed by atoms with E-state index < -0.39 is 4.92 Å². The fourth-order valence-electron chi connectivity index (χ4n) is 2.89. The minimum absolute atomic E-state index is 0.133. The molecule has 0 fully saturated rings. The highest BCUT2D eigenvalue weighted by molar-refractivity contribution is 7.71. The molecule has 0 aliphatic rings. The summed E-state index contributed by atoms with van der Waals surface area (Å²) in [5.41, 5.74) is 0.337. The molecule has 0 saturated carbocycles. The summed E-state index contributed by atoms with van der Waals surface area (Å²) in [4.78, 5) is 11.1. The number of hydrogen-bond donors (Lipinski definition) is 1. The van der Waals surface area contributed by atoms with Crippen molar-refractivity contribution in [2.45, 2.75) is 52.9 Å². The number of aromatic nitrogens is 3. The van der Waals surface area contributed by atoms with Crippen molar-refractivity contribution < 1.29 is 14.4 Å². The molecule has 10 heteroatoms. The van der Waals surface area contributed by atoms with Gasteiger partial charge in [-0.25, -0.2) is 0 Å². The topological polar surface area (TPSA) is 108 Å². The second-order valence-corrected chi connectivity index (χ2v) is 6.75. The molecule has 9 nitrogen and oxygen atoms in total. The molecule has 2 rings (SSSR count). The van der Waals surface area contributed by atoms with Gasteiger partial charge < -0.3 is 9.47 Å². The molecule has 1 heterocycles. The zero-order chi connectivity index (χ0) is 21.4. The van der Waals surface area contributed by atoms with Crippen molar-refractivity contribution in [3.05, 3.63) is 38.4 Å². The number of nitrogens with zero attached hydrogens (tertiary/aromatic N) is 4. The van der Waals surface area contributed by atoms with Gasteiger partial charge in [-0.15, -0.1) is 0 Å². The molecule has 2 aromatic rings. The van der Waals surface area contributed by atoms with Crippen molar-refractivity contribution in [1.82, 2.24) is 14.9 Å². The summed E-state index contributed by atoms with van der Waals surface area (Å²) < 4.78 is 13.1. The van der Waals surface area contributed by atoms with E-state index in [9.17, 15) is 10.1 Å². The van der Waals surface area contributed by atoms with Gasteiger partial charge in [0.05, 0.1) is 24.4 Å². The van der Waals surface area contributed by atoms with Crippen LogP contribution in [0.15, 0.2) is 17.2 Å². The summed E-state index contributed by atoms with van der Waals surface area (Å²) in [6.07, 6.45) is 4.03. The number of nitro groups is 1. The summed E-state index contributed by atoms with van der Waals surface area (Å²) in [6.45, 7) is 8.60. The first kappa shape index (κ1) is 22.5. The van der Waals surface area contributed by atoms with Gasteiger partial charge in [-0.3, -0.25) is 15.2 Å². The van der Waals surface area contributed by atoms with Crippen LogP contribution < -0.4 is 9.47 Å². The van der Waals surface area contributed by atoms with Gasteiger partial charge in [0.25, 0.3) is 0 Å². The Morgan fingerprint density at radius 3 is 2.62 bits per heavy atom. The molecular formula is C19H27N5O4S. The summed E-state index contributed by atoms with van der Waals surface area (Å²) in [5, 5.41) is 23.1. The zero-order valence-corrected chi connectivity index (χ0v) is 18.0. The largest absolute Gasteiger partial charge is 0.490 e. The van der Waals surface area contributed by atoms with Gasteiger partial charge >= 0.3 is 5.69 Å². The Morgan fingerprint density at radius 2 is 2.03 bits per heavy atom. The molecule has 29 heavy (non-hydrogen) atoms. The highest BCUT2D eigenvalue weighted by Gasteiger charge is 2.22. The number of aromatic amines is 1. The number of rotatable bonds is 11. The smallest absolute Gasteiger partial charge is 0.315 e. The predicted molar refractivity (Wildman–Crippen MR) is 114 cm³/mol. The Morgan fingerprint density at radius 1 is 1.31 bits per heavy atom. The molecule has 0 aliphatic carbocycles. The first-order valence-electron chi connectivity index (χ1n) is 9.76. The number of benzene rings is 1. The maximum absolute atomic E-state index is 11.6. The first-order valence-corrected chi connectivity index (χ1v) is 10.2. The van der Waals surface area contributed by atoms with Crippen molar-refractivity contribution in [3.63, 3.8) is 0 Å². The van der Waals surface area contributed by atoms with Crippen LogP contribution >= 0.6 is 12.2 Å². The van der Waals surface area contributed by atoms with Gasteiger partial charge in [-0.2, -0.15) is 14.9 Å². The normalized spacial score (nSPS) is 11.3. The number of nitrogens with one attached hydrogen (secondary N) is 1.